The van der Waals surface area contributed by atoms with Crippen molar-refractivity contribution in [3.05, 3.63) is 60.0 Å². The summed E-state index contributed by atoms with van der Waals surface area (Å²) < 4.78 is 5.35. The first-order valence-corrected chi connectivity index (χ1v) is 9.66. The maximum Gasteiger partial charge on any atom is 0.246 e. The normalized spacial score (nSPS) is 13.5. The minimum Gasteiger partial charge on any atom is -0.376 e. The van der Waals surface area contributed by atoms with Crippen molar-refractivity contribution in [1.29, 1.82) is 0 Å². The zero-order valence-electron chi connectivity index (χ0n) is 16.1. The van der Waals surface area contributed by atoms with E-state index in [0.29, 0.717) is 24.2 Å². The summed E-state index contributed by atoms with van der Waals surface area (Å²) in [6.45, 7) is 4.77. The third-order valence-electron chi connectivity index (χ3n) is 4.85. The zero-order chi connectivity index (χ0) is 19.5. The molecule has 28 heavy (non-hydrogen) atoms. The number of hydrogen-bond donors (Lipinski definition) is 2. The maximum absolute atomic E-state index is 11.8. The van der Waals surface area contributed by atoms with E-state index in [1.807, 2.05) is 36.4 Å². The van der Waals surface area contributed by atoms with E-state index in [9.17, 15) is 4.79 Å². The van der Waals surface area contributed by atoms with E-state index in [1.54, 1.807) is 0 Å². The van der Waals surface area contributed by atoms with Gasteiger partial charge in [0.15, 0.2) is 0 Å². The molecule has 1 amide bonds. The van der Waals surface area contributed by atoms with Crippen molar-refractivity contribution in [3.63, 3.8) is 0 Å². The van der Waals surface area contributed by atoms with Gasteiger partial charge in [-0.05, 0) is 48.6 Å². The van der Waals surface area contributed by atoms with Crippen LogP contribution in [0.15, 0.2) is 53.1 Å². The molecule has 0 radical (unpaired) electrons. The number of nitrogens with one attached hydrogen (secondary N) is 2. The van der Waals surface area contributed by atoms with Gasteiger partial charge in [-0.3, -0.25) is 4.79 Å². The summed E-state index contributed by atoms with van der Waals surface area (Å²) in [5.41, 5.74) is 3.96. The highest BCUT2D eigenvalue weighted by Crippen LogP contribution is 2.30. The van der Waals surface area contributed by atoms with Crippen molar-refractivity contribution in [2.75, 3.05) is 10.6 Å². The van der Waals surface area contributed by atoms with Gasteiger partial charge in [0, 0.05) is 22.9 Å². The van der Waals surface area contributed by atoms with Crippen molar-refractivity contribution in [2.24, 2.45) is 5.92 Å². The molecule has 0 aliphatic heterocycles. The average molecular weight is 376 g/mol. The number of hydrogen-bond acceptors (Lipinski definition) is 5. The molecule has 0 spiro atoms. The molecule has 6 heteroatoms. The molecule has 0 bridgehead atoms. The summed E-state index contributed by atoms with van der Waals surface area (Å²) in [6, 6.07) is 15.8. The van der Waals surface area contributed by atoms with E-state index < -0.39 is 0 Å². The van der Waals surface area contributed by atoms with Crippen LogP contribution in [0, 0.1) is 5.92 Å². The Labute approximate surface area is 164 Å². The molecule has 1 aliphatic rings. The summed E-state index contributed by atoms with van der Waals surface area (Å²) >= 11 is 0. The van der Waals surface area contributed by atoms with E-state index in [2.05, 4.69) is 46.8 Å². The van der Waals surface area contributed by atoms with E-state index in [0.717, 1.165) is 29.8 Å². The molecule has 1 aromatic heterocycles. The van der Waals surface area contributed by atoms with Crippen LogP contribution in [-0.4, -0.2) is 16.0 Å². The topological polar surface area (TPSA) is 80.0 Å². The van der Waals surface area contributed by atoms with Crippen LogP contribution in [0.4, 0.5) is 11.4 Å². The first-order chi connectivity index (χ1) is 13.6. The molecule has 4 rings (SSSR count). The summed E-state index contributed by atoms with van der Waals surface area (Å²) in [6.07, 6.45) is 2.00. The SMILES string of the molecule is CC(C)c1ccc(-c2noc(CNc3ccc(NC(=O)C4CC4)cc3)n2)cc1. The maximum atomic E-state index is 11.8. The van der Waals surface area contributed by atoms with Gasteiger partial charge in [-0.15, -0.1) is 0 Å². The van der Waals surface area contributed by atoms with Gasteiger partial charge in [0.2, 0.25) is 17.6 Å². The lowest BCUT2D eigenvalue weighted by atomic mass is 10.0. The van der Waals surface area contributed by atoms with Crippen molar-refractivity contribution >= 4 is 17.3 Å². The Bertz CT molecular complexity index is 941. The van der Waals surface area contributed by atoms with Crippen molar-refractivity contribution < 1.29 is 9.32 Å². The smallest absolute Gasteiger partial charge is 0.246 e. The molecule has 2 N–H and O–H groups in total. The van der Waals surface area contributed by atoms with Gasteiger partial charge in [-0.25, -0.2) is 0 Å². The number of carbonyl (C=O) groups is 1. The average Bonchev–Trinajstić information content (AvgIpc) is 3.46. The molecule has 0 atom stereocenters. The molecule has 3 aromatic rings. The van der Waals surface area contributed by atoms with Crippen molar-refractivity contribution in [3.8, 4) is 11.4 Å². The number of amides is 1. The molecule has 1 aliphatic carbocycles. The molecule has 0 saturated heterocycles. The molecule has 1 fully saturated rings. The van der Waals surface area contributed by atoms with Gasteiger partial charge in [-0.1, -0.05) is 43.3 Å². The van der Waals surface area contributed by atoms with Crippen LogP contribution in [0.1, 0.15) is 44.1 Å². The highest BCUT2D eigenvalue weighted by molar-refractivity contribution is 5.94. The Morgan fingerprint density at radius 1 is 1.07 bits per heavy atom. The zero-order valence-corrected chi connectivity index (χ0v) is 16.1. The molecule has 2 aromatic carbocycles. The number of benzene rings is 2. The standard InChI is InChI=1S/C22H24N4O2/c1-14(2)15-3-5-16(6-4-15)21-25-20(28-26-21)13-23-18-9-11-19(12-10-18)24-22(27)17-7-8-17/h3-6,9-12,14,17,23H,7-8,13H2,1-2H3,(H,24,27). The Morgan fingerprint density at radius 2 is 1.75 bits per heavy atom. The molecule has 1 heterocycles. The Hall–Kier alpha value is -3.15. The lowest BCUT2D eigenvalue weighted by Gasteiger charge is -2.07. The van der Waals surface area contributed by atoms with Gasteiger partial charge in [0.25, 0.3) is 0 Å². The number of aromatic nitrogens is 2. The highest BCUT2D eigenvalue weighted by atomic mass is 16.5. The third kappa shape index (κ3) is 4.39. The van der Waals surface area contributed by atoms with Gasteiger partial charge >= 0.3 is 0 Å². The quantitative estimate of drug-likeness (QED) is 0.618. The van der Waals surface area contributed by atoms with Crippen LogP contribution in [-0.2, 0) is 11.3 Å². The number of anilines is 2. The fraction of sp³-hybridized carbons (Fsp3) is 0.318. The van der Waals surface area contributed by atoms with Gasteiger partial charge in [-0.2, -0.15) is 4.98 Å². The van der Waals surface area contributed by atoms with Gasteiger partial charge in [0.1, 0.15) is 0 Å². The second kappa shape index (κ2) is 7.84. The second-order valence-corrected chi connectivity index (χ2v) is 7.48. The van der Waals surface area contributed by atoms with Gasteiger partial charge in [0.05, 0.1) is 6.54 Å². The second-order valence-electron chi connectivity index (χ2n) is 7.48. The lowest BCUT2D eigenvalue weighted by molar-refractivity contribution is -0.117. The van der Waals surface area contributed by atoms with Gasteiger partial charge < -0.3 is 15.2 Å². The van der Waals surface area contributed by atoms with Crippen molar-refractivity contribution in [1.82, 2.24) is 10.1 Å². The van der Waals surface area contributed by atoms with E-state index in [-0.39, 0.29) is 11.8 Å². The minimum absolute atomic E-state index is 0.112. The van der Waals surface area contributed by atoms with Crippen LogP contribution in [0.5, 0.6) is 0 Å². The van der Waals surface area contributed by atoms with Crippen molar-refractivity contribution in [2.45, 2.75) is 39.2 Å². The van der Waals surface area contributed by atoms with E-state index in [1.165, 1.54) is 5.56 Å². The third-order valence-corrected chi connectivity index (χ3v) is 4.85. The molecule has 144 valence electrons. The molecular weight excluding hydrogens is 352 g/mol. The first kappa shape index (κ1) is 18.2. The number of nitrogens with zero attached hydrogens (tertiary/aromatic N) is 2. The van der Waals surface area contributed by atoms with E-state index in [4.69, 9.17) is 4.52 Å². The largest absolute Gasteiger partial charge is 0.376 e. The number of rotatable bonds is 7. The summed E-state index contributed by atoms with van der Waals surface area (Å²) in [4.78, 5) is 16.2. The van der Waals surface area contributed by atoms with Crippen LogP contribution < -0.4 is 10.6 Å². The fourth-order valence-electron chi connectivity index (χ4n) is 2.90. The van der Waals surface area contributed by atoms with E-state index >= 15 is 0 Å². The molecular formula is C22H24N4O2. The highest BCUT2D eigenvalue weighted by Gasteiger charge is 2.29. The first-order valence-electron chi connectivity index (χ1n) is 9.66. The lowest BCUT2D eigenvalue weighted by Crippen LogP contribution is -2.13. The minimum atomic E-state index is 0.112. The van der Waals surface area contributed by atoms with Crippen LogP contribution in [0.3, 0.4) is 0 Å². The monoisotopic (exact) mass is 376 g/mol. The molecule has 6 nitrogen and oxygen atoms in total. The van der Waals surface area contributed by atoms with Crippen LogP contribution >= 0.6 is 0 Å². The Balaban J connectivity index is 1.33. The predicted molar refractivity (Wildman–Crippen MR) is 109 cm³/mol. The van der Waals surface area contributed by atoms with Crippen LogP contribution in [0.25, 0.3) is 11.4 Å². The Kier molecular flexibility index (Phi) is 5.10. The summed E-state index contributed by atoms with van der Waals surface area (Å²) in [5, 5.41) is 10.3. The summed E-state index contributed by atoms with van der Waals surface area (Å²) in [5.74, 6) is 1.92. The number of carbonyl (C=O) groups excluding carboxylic acids is 1. The molecule has 0 unspecified atom stereocenters. The predicted octanol–water partition coefficient (Wildman–Crippen LogP) is 4.82. The van der Waals surface area contributed by atoms with Crippen LogP contribution in [0.2, 0.25) is 0 Å². The Morgan fingerprint density at radius 3 is 2.39 bits per heavy atom. The molecule has 1 saturated carbocycles. The fourth-order valence-corrected chi connectivity index (χ4v) is 2.90. The summed E-state index contributed by atoms with van der Waals surface area (Å²) in [7, 11) is 0.